The van der Waals surface area contributed by atoms with Crippen molar-refractivity contribution < 1.29 is 31.1 Å². The van der Waals surface area contributed by atoms with Crippen molar-refractivity contribution in [1.82, 2.24) is 5.32 Å². The van der Waals surface area contributed by atoms with Gasteiger partial charge in [0, 0.05) is 6.54 Å². The van der Waals surface area contributed by atoms with Crippen molar-refractivity contribution in [2.45, 2.75) is 30.8 Å². The molecular formula is C16H16F5NO2S. The van der Waals surface area contributed by atoms with Crippen LogP contribution in [0, 0.1) is 0 Å². The third-order valence-corrected chi connectivity index (χ3v) is 3.70. The van der Waals surface area contributed by atoms with Crippen molar-refractivity contribution in [3.63, 3.8) is 0 Å². The summed E-state index contributed by atoms with van der Waals surface area (Å²) in [4.78, 5) is 0. The van der Waals surface area contributed by atoms with Crippen LogP contribution in [0.15, 0.2) is 40.8 Å². The fourth-order valence-electron chi connectivity index (χ4n) is 1.98. The lowest BCUT2D eigenvalue weighted by molar-refractivity contribution is -0.153. The summed E-state index contributed by atoms with van der Waals surface area (Å²) in [6.45, 7) is -0.576. The summed E-state index contributed by atoms with van der Waals surface area (Å²) in [6.07, 6.45) is -4.38. The minimum Gasteiger partial charge on any atom is -0.484 e. The lowest BCUT2D eigenvalue weighted by Gasteiger charge is -2.10. The molecule has 9 heteroatoms. The zero-order valence-corrected chi connectivity index (χ0v) is 13.8. The summed E-state index contributed by atoms with van der Waals surface area (Å²) in [5.41, 5.74) is 0.750. The predicted octanol–water partition coefficient (Wildman–Crippen LogP) is 4.97. The SMILES string of the molecule is FC(F)SCc1ccc(CNCc2cccc(OCC(F)(F)F)c2)o1. The molecule has 0 unspecified atom stereocenters. The van der Waals surface area contributed by atoms with Gasteiger partial charge in [0.25, 0.3) is 5.76 Å². The number of thioether (sulfide) groups is 1. The summed E-state index contributed by atoms with van der Waals surface area (Å²) in [7, 11) is 0. The van der Waals surface area contributed by atoms with Gasteiger partial charge in [-0.2, -0.15) is 22.0 Å². The lowest BCUT2D eigenvalue weighted by atomic mass is 10.2. The van der Waals surface area contributed by atoms with Crippen LogP contribution in [0.2, 0.25) is 0 Å². The first-order valence-electron chi connectivity index (χ1n) is 7.28. The molecule has 0 atom stereocenters. The average Bonchev–Trinajstić information content (AvgIpc) is 2.99. The van der Waals surface area contributed by atoms with E-state index in [2.05, 4.69) is 5.32 Å². The molecule has 0 aliphatic rings. The van der Waals surface area contributed by atoms with Gasteiger partial charge in [0.15, 0.2) is 6.61 Å². The van der Waals surface area contributed by atoms with E-state index in [0.29, 0.717) is 36.4 Å². The van der Waals surface area contributed by atoms with Crippen LogP contribution in [0.4, 0.5) is 22.0 Å². The number of ether oxygens (including phenoxy) is 1. The van der Waals surface area contributed by atoms with Crippen LogP contribution in [0.3, 0.4) is 0 Å². The number of nitrogens with one attached hydrogen (secondary N) is 1. The fourth-order valence-corrected chi connectivity index (χ4v) is 2.43. The highest BCUT2D eigenvalue weighted by Crippen LogP contribution is 2.22. The van der Waals surface area contributed by atoms with Gasteiger partial charge < -0.3 is 14.5 Å². The Hall–Kier alpha value is -1.74. The maximum atomic E-state index is 12.1. The highest BCUT2D eigenvalue weighted by Gasteiger charge is 2.28. The number of hydrogen-bond donors (Lipinski definition) is 1. The van der Waals surface area contributed by atoms with E-state index in [1.807, 2.05) is 0 Å². The minimum atomic E-state index is -4.38. The van der Waals surface area contributed by atoms with Gasteiger partial charge in [0.2, 0.25) is 0 Å². The van der Waals surface area contributed by atoms with Crippen LogP contribution in [0.1, 0.15) is 17.1 Å². The van der Waals surface area contributed by atoms with Crippen molar-refractivity contribution in [3.05, 3.63) is 53.5 Å². The molecule has 0 radical (unpaired) electrons. The van der Waals surface area contributed by atoms with Crippen molar-refractivity contribution in [1.29, 1.82) is 0 Å². The maximum absolute atomic E-state index is 12.1. The van der Waals surface area contributed by atoms with Crippen LogP contribution >= 0.6 is 11.8 Å². The Bertz CT molecular complexity index is 660. The van der Waals surface area contributed by atoms with E-state index in [-0.39, 0.29) is 11.5 Å². The third kappa shape index (κ3) is 7.78. The van der Waals surface area contributed by atoms with Crippen LogP contribution in [-0.4, -0.2) is 18.5 Å². The van der Waals surface area contributed by atoms with Crippen molar-refractivity contribution >= 4 is 11.8 Å². The second kappa shape index (κ2) is 9.10. The third-order valence-electron chi connectivity index (χ3n) is 3.00. The molecule has 1 heterocycles. The first-order chi connectivity index (χ1) is 11.8. The Morgan fingerprint density at radius 1 is 1.08 bits per heavy atom. The van der Waals surface area contributed by atoms with E-state index >= 15 is 0 Å². The van der Waals surface area contributed by atoms with Gasteiger partial charge in [-0.3, -0.25) is 0 Å². The molecule has 2 aromatic rings. The Morgan fingerprint density at radius 2 is 1.84 bits per heavy atom. The van der Waals surface area contributed by atoms with E-state index in [1.54, 1.807) is 24.3 Å². The Labute approximate surface area is 145 Å². The van der Waals surface area contributed by atoms with Gasteiger partial charge in [-0.25, -0.2) is 0 Å². The fraction of sp³-hybridized carbons (Fsp3) is 0.375. The summed E-state index contributed by atoms with van der Waals surface area (Å²) in [5, 5.41) is 3.07. The summed E-state index contributed by atoms with van der Waals surface area (Å²) < 4.78 is 70.7. The molecule has 0 fully saturated rings. The number of furan rings is 1. The summed E-state index contributed by atoms with van der Waals surface area (Å²) >= 11 is 0.485. The molecular weight excluding hydrogens is 365 g/mol. The molecule has 0 saturated carbocycles. The number of hydrogen-bond acceptors (Lipinski definition) is 4. The molecule has 25 heavy (non-hydrogen) atoms. The molecule has 0 aliphatic heterocycles. The molecule has 0 aliphatic carbocycles. The molecule has 0 amide bonds. The van der Waals surface area contributed by atoms with Gasteiger partial charge >= 0.3 is 6.18 Å². The van der Waals surface area contributed by atoms with Crippen LogP contribution in [0.25, 0.3) is 0 Å². The van der Waals surface area contributed by atoms with Crippen molar-refractivity contribution in [3.8, 4) is 5.75 Å². The van der Waals surface area contributed by atoms with E-state index in [4.69, 9.17) is 9.15 Å². The van der Waals surface area contributed by atoms with Crippen LogP contribution in [-0.2, 0) is 18.8 Å². The Balaban J connectivity index is 1.78. The molecule has 1 N–H and O–H groups in total. The maximum Gasteiger partial charge on any atom is 0.422 e. The highest BCUT2D eigenvalue weighted by molar-refractivity contribution is 7.98. The van der Waals surface area contributed by atoms with Gasteiger partial charge in [0.05, 0.1) is 12.3 Å². The molecule has 1 aromatic carbocycles. The molecule has 0 spiro atoms. The van der Waals surface area contributed by atoms with Gasteiger partial charge in [-0.15, -0.1) is 0 Å². The zero-order valence-electron chi connectivity index (χ0n) is 13.0. The van der Waals surface area contributed by atoms with Crippen molar-refractivity contribution in [2.24, 2.45) is 0 Å². The predicted molar refractivity (Wildman–Crippen MR) is 84.5 cm³/mol. The molecule has 138 valence electrons. The smallest absolute Gasteiger partial charge is 0.422 e. The standard InChI is InChI=1S/C16H16F5NO2S/c17-15(18)25-9-14-5-4-13(24-14)8-22-7-11-2-1-3-12(6-11)23-10-16(19,20)21/h1-6,15,22H,7-10H2. The first kappa shape index (κ1) is 19.6. The number of benzene rings is 1. The Kier molecular flexibility index (Phi) is 7.12. The zero-order chi connectivity index (χ0) is 18.3. The first-order valence-corrected chi connectivity index (χ1v) is 8.33. The second-order valence-corrected chi connectivity index (χ2v) is 6.07. The minimum absolute atomic E-state index is 0.0935. The number of rotatable bonds is 9. The number of alkyl halides is 5. The number of halogens is 5. The van der Waals surface area contributed by atoms with Crippen LogP contribution in [0.5, 0.6) is 5.75 Å². The highest BCUT2D eigenvalue weighted by atomic mass is 32.2. The largest absolute Gasteiger partial charge is 0.484 e. The normalized spacial score (nSPS) is 11.9. The Morgan fingerprint density at radius 3 is 2.56 bits per heavy atom. The molecule has 0 bridgehead atoms. The lowest BCUT2D eigenvalue weighted by Crippen LogP contribution is -2.19. The molecule has 0 saturated heterocycles. The van der Waals surface area contributed by atoms with E-state index in [0.717, 1.165) is 5.56 Å². The van der Waals surface area contributed by atoms with Crippen LogP contribution < -0.4 is 10.1 Å². The summed E-state index contributed by atoms with van der Waals surface area (Å²) in [6, 6.07) is 9.66. The van der Waals surface area contributed by atoms with E-state index in [9.17, 15) is 22.0 Å². The monoisotopic (exact) mass is 381 g/mol. The van der Waals surface area contributed by atoms with Gasteiger partial charge in [0.1, 0.15) is 17.3 Å². The topological polar surface area (TPSA) is 34.4 Å². The quantitative estimate of drug-likeness (QED) is 0.622. The molecule has 1 aromatic heterocycles. The van der Waals surface area contributed by atoms with Crippen molar-refractivity contribution in [2.75, 3.05) is 6.61 Å². The van der Waals surface area contributed by atoms with Gasteiger partial charge in [-0.1, -0.05) is 23.9 Å². The van der Waals surface area contributed by atoms with E-state index < -0.39 is 18.5 Å². The van der Waals surface area contributed by atoms with Gasteiger partial charge in [-0.05, 0) is 29.8 Å². The molecule has 2 rings (SSSR count). The molecule has 3 nitrogen and oxygen atoms in total. The second-order valence-electron chi connectivity index (χ2n) is 5.09. The average molecular weight is 381 g/mol. The van der Waals surface area contributed by atoms with E-state index in [1.165, 1.54) is 12.1 Å². The summed E-state index contributed by atoms with van der Waals surface area (Å²) in [5.74, 6) is -1.16.